The molecule has 0 fully saturated rings. The summed E-state index contributed by atoms with van der Waals surface area (Å²) in [6.45, 7) is 4.77. The van der Waals surface area contributed by atoms with Gasteiger partial charge in [0.1, 0.15) is 19.5 Å². The molecule has 118 valence electrons. The van der Waals surface area contributed by atoms with Gasteiger partial charge in [0, 0.05) is 6.54 Å². The van der Waals surface area contributed by atoms with Gasteiger partial charge < -0.3 is 15.0 Å². The van der Waals surface area contributed by atoms with Crippen LogP contribution in [0.2, 0.25) is 0 Å². The monoisotopic (exact) mass is 314 g/mol. The Kier molecular flexibility index (Phi) is 6.55. The van der Waals surface area contributed by atoms with Crippen LogP contribution in [0.5, 0.6) is 0 Å². The van der Waals surface area contributed by atoms with Gasteiger partial charge in [0.25, 0.3) is 0 Å². The molecule has 1 rings (SSSR count). The van der Waals surface area contributed by atoms with E-state index in [1.54, 1.807) is 12.1 Å². The van der Waals surface area contributed by atoms with Crippen molar-refractivity contribution in [3.63, 3.8) is 0 Å². The summed E-state index contributed by atoms with van der Waals surface area (Å²) >= 11 is 0. The van der Waals surface area contributed by atoms with Gasteiger partial charge in [-0.1, -0.05) is 18.2 Å². The molecule has 7 heteroatoms. The highest BCUT2D eigenvalue weighted by Crippen LogP contribution is 2.40. The van der Waals surface area contributed by atoms with Crippen LogP contribution in [0.1, 0.15) is 5.56 Å². The van der Waals surface area contributed by atoms with E-state index in [0.29, 0.717) is 5.69 Å². The molecule has 1 atom stereocenters. The number of ketones is 1. The largest absolute Gasteiger partial charge is 0.384 e. The highest BCUT2D eigenvalue weighted by molar-refractivity contribution is 7.62. The quantitative estimate of drug-likeness (QED) is 0.495. The summed E-state index contributed by atoms with van der Waals surface area (Å²) in [5, 5.41) is 23.2. The Morgan fingerprint density at radius 3 is 2.57 bits per heavy atom. The summed E-state index contributed by atoms with van der Waals surface area (Å²) in [4.78, 5) is 11.8. The van der Waals surface area contributed by atoms with Crippen molar-refractivity contribution in [1.29, 1.82) is 0 Å². The molecule has 1 aromatic rings. The molecular formula is C14H23N2O4P. The second-order valence-corrected chi connectivity index (χ2v) is 8.89. The van der Waals surface area contributed by atoms with E-state index < -0.39 is 13.0 Å². The molecule has 0 saturated carbocycles. The molecule has 0 heterocycles. The minimum atomic E-state index is -2.58. The molecule has 21 heavy (non-hydrogen) atoms. The first-order chi connectivity index (χ1) is 9.71. The fourth-order valence-corrected chi connectivity index (χ4v) is 2.29. The molecule has 0 radical (unpaired) electrons. The molecule has 0 bridgehead atoms. The number of aliphatic hydroxyl groups excluding tert-OH is 1. The summed E-state index contributed by atoms with van der Waals surface area (Å²) in [6.07, 6.45) is 0. The predicted molar refractivity (Wildman–Crippen MR) is 83.6 cm³/mol. The number of anilines is 1. The minimum Gasteiger partial charge on any atom is -0.384 e. The normalized spacial score (nSPS) is 13.0. The van der Waals surface area contributed by atoms with E-state index in [-0.39, 0.29) is 25.4 Å². The maximum absolute atomic E-state index is 11.8. The first-order valence-electron chi connectivity index (χ1n) is 6.69. The molecule has 0 spiro atoms. The predicted octanol–water partition coefficient (Wildman–Crippen LogP) is 1.29. The number of hydrogen-bond donors (Lipinski definition) is 3. The zero-order chi connectivity index (χ0) is 16.0. The van der Waals surface area contributed by atoms with Gasteiger partial charge in [-0.15, -0.1) is 0 Å². The van der Waals surface area contributed by atoms with Gasteiger partial charge in [-0.2, -0.15) is 0 Å². The van der Waals surface area contributed by atoms with Crippen LogP contribution < -0.4 is 10.4 Å². The summed E-state index contributed by atoms with van der Waals surface area (Å²) in [7, 11) is -2.58. The average Bonchev–Trinajstić information content (AvgIpc) is 2.37. The van der Waals surface area contributed by atoms with E-state index in [9.17, 15) is 19.7 Å². The fourth-order valence-electron chi connectivity index (χ4n) is 1.72. The smallest absolute Gasteiger partial charge is 0.168 e. The number of carbonyl (C=O) groups excluding carboxylic acids is 1. The van der Waals surface area contributed by atoms with E-state index in [4.69, 9.17) is 0 Å². The molecular weight excluding hydrogens is 291 g/mol. The van der Waals surface area contributed by atoms with Gasteiger partial charge in [0.05, 0.1) is 12.2 Å². The number of hydroxylamine groups is 1. The molecule has 0 aliphatic carbocycles. The molecule has 3 N–H and O–H groups in total. The van der Waals surface area contributed by atoms with Crippen LogP contribution in [0.4, 0.5) is 5.69 Å². The Morgan fingerprint density at radius 1 is 1.38 bits per heavy atom. The molecule has 0 aliphatic rings. The zero-order valence-corrected chi connectivity index (χ0v) is 13.5. The van der Waals surface area contributed by atoms with Crippen molar-refractivity contribution in [1.82, 2.24) is 5.32 Å². The maximum Gasteiger partial charge on any atom is 0.168 e. The van der Waals surface area contributed by atoms with Gasteiger partial charge in [-0.25, -0.2) is 5.06 Å². The molecule has 0 aromatic heterocycles. The van der Waals surface area contributed by atoms with Crippen molar-refractivity contribution >= 4 is 18.6 Å². The van der Waals surface area contributed by atoms with Crippen molar-refractivity contribution < 1.29 is 19.7 Å². The Morgan fingerprint density at radius 2 is 2.00 bits per heavy atom. The fraction of sp³-hybridized carbons (Fsp3) is 0.500. The summed E-state index contributed by atoms with van der Waals surface area (Å²) in [6, 6.07) is 7.21. The highest BCUT2D eigenvalue weighted by atomic mass is 31.2. The molecule has 1 aromatic carbocycles. The number of nitrogens with zero attached hydrogens (tertiary/aromatic N) is 1. The van der Waals surface area contributed by atoms with E-state index in [1.807, 2.05) is 19.1 Å². The molecule has 1 unspecified atom stereocenters. The lowest BCUT2D eigenvalue weighted by molar-refractivity contribution is -0.117. The van der Waals surface area contributed by atoms with E-state index >= 15 is 0 Å². The van der Waals surface area contributed by atoms with E-state index in [0.717, 1.165) is 10.6 Å². The average molecular weight is 314 g/mol. The second kappa shape index (κ2) is 7.71. The summed E-state index contributed by atoms with van der Waals surface area (Å²) < 4.78 is 11.6. The number of hydrogen-bond acceptors (Lipinski definition) is 6. The first kappa shape index (κ1) is 17.9. The SMILES string of the molecule is Cc1ccccc1N(O)CC(=O)CNCC(O)P(C)(C)=O. The molecule has 6 nitrogen and oxygen atoms in total. The zero-order valence-electron chi connectivity index (χ0n) is 12.6. The number of aliphatic hydroxyl groups is 1. The van der Waals surface area contributed by atoms with Crippen molar-refractivity contribution in [2.24, 2.45) is 0 Å². The number of aryl methyl sites for hydroxylation is 1. The van der Waals surface area contributed by atoms with Crippen LogP contribution in [0, 0.1) is 6.92 Å². The van der Waals surface area contributed by atoms with Gasteiger partial charge in [0.15, 0.2) is 5.78 Å². The number of Topliss-reactive ketones (excluding diaryl/α,β-unsaturated/α-hetero) is 1. The van der Waals surface area contributed by atoms with E-state index in [1.165, 1.54) is 13.3 Å². The maximum atomic E-state index is 11.8. The van der Waals surface area contributed by atoms with Crippen molar-refractivity contribution in [2.45, 2.75) is 12.8 Å². The van der Waals surface area contributed by atoms with Gasteiger partial charge in [0.2, 0.25) is 0 Å². The van der Waals surface area contributed by atoms with Crippen molar-refractivity contribution in [2.75, 3.05) is 38.0 Å². The van der Waals surface area contributed by atoms with Crippen LogP contribution in [0.3, 0.4) is 0 Å². The Labute approximate surface area is 125 Å². The van der Waals surface area contributed by atoms with Crippen LogP contribution in [-0.2, 0) is 9.36 Å². The third-order valence-electron chi connectivity index (χ3n) is 3.09. The van der Waals surface area contributed by atoms with Gasteiger partial charge in [-0.05, 0) is 31.9 Å². The van der Waals surface area contributed by atoms with Crippen LogP contribution in [-0.4, -0.2) is 54.9 Å². The Bertz CT molecular complexity index is 529. The third-order valence-corrected chi connectivity index (χ3v) is 4.70. The number of nitrogens with one attached hydrogen (secondary N) is 1. The second-order valence-electron chi connectivity index (χ2n) is 5.43. The summed E-state index contributed by atoms with van der Waals surface area (Å²) in [5.74, 6) is -1.19. The topological polar surface area (TPSA) is 89.9 Å². The minimum absolute atomic E-state index is 0.00000118. The lowest BCUT2D eigenvalue weighted by Gasteiger charge is -2.19. The van der Waals surface area contributed by atoms with E-state index in [2.05, 4.69) is 5.32 Å². The van der Waals surface area contributed by atoms with Gasteiger partial charge >= 0.3 is 0 Å². The molecule has 0 amide bonds. The molecule has 0 aliphatic heterocycles. The number of benzene rings is 1. The Balaban J connectivity index is 2.41. The standard InChI is InChI=1S/C14H23N2O4P/c1-11-6-4-5-7-13(11)16(19)10-12(17)8-15-9-14(18)21(2,3)20/h4-7,14-15,18-19H,8-10H2,1-3H3. The number of rotatable bonds is 8. The van der Waals surface area contributed by atoms with Crippen LogP contribution in [0.25, 0.3) is 0 Å². The Hall–Kier alpha value is -1.20. The lowest BCUT2D eigenvalue weighted by atomic mass is 10.2. The number of para-hydroxylation sites is 1. The van der Waals surface area contributed by atoms with Crippen LogP contribution >= 0.6 is 7.14 Å². The van der Waals surface area contributed by atoms with Gasteiger partial charge in [-0.3, -0.25) is 10.0 Å². The van der Waals surface area contributed by atoms with Crippen molar-refractivity contribution in [3.05, 3.63) is 29.8 Å². The summed E-state index contributed by atoms with van der Waals surface area (Å²) in [5.41, 5.74) is 1.45. The van der Waals surface area contributed by atoms with Crippen LogP contribution in [0.15, 0.2) is 24.3 Å². The van der Waals surface area contributed by atoms with Crippen molar-refractivity contribution in [3.8, 4) is 0 Å². The lowest BCUT2D eigenvalue weighted by Crippen LogP contribution is -2.36. The molecule has 0 saturated heterocycles. The third kappa shape index (κ3) is 5.98. The first-order valence-corrected chi connectivity index (χ1v) is 9.36. The number of carbonyl (C=O) groups is 1. The highest BCUT2D eigenvalue weighted by Gasteiger charge is 2.20.